The molecule has 0 bridgehead atoms. The van der Waals surface area contributed by atoms with Gasteiger partial charge in [0, 0.05) is 44.8 Å². The van der Waals surface area contributed by atoms with Crippen molar-refractivity contribution in [3.63, 3.8) is 0 Å². The number of rotatable bonds is 14. The molecule has 1 aliphatic carbocycles. The van der Waals surface area contributed by atoms with Crippen LogP contribution in [0.15, 0.2) is 36.4 Å². The molecule has 2 aromatic rings. The van der Waals surface area contributed by atoms with Gasteiger partial charge >= 0.3 is 6.09 Å². The van der Waals surface area contributed by atoms with E-state index in [0.717, 1.165) is 38.5 Å². The average Bonchev–Trinajstić information content (AvgIpc) is 3.77. The Balaban J connectivity index is 1.22. The number of nitrogens with zero attached hydrogens (tertiary/aromatic N) is 5. The van der Waals surface area contributed by atoms with Crippen LogP contribution >= 0.6 is 0 Å². The van der Waals surface area contributed by atoms with Crippen LogP contribution < -0.4 is 15.4 Å². The summed E-state index contributed by atoms with van der Waals surface area (Å²) in [5.41, 5.74) is 0.647. The van der Waals surface area contributed by atoms with E-state index in [4.69, 9.17) is 9.47 Å². The zero-order valence-corrected chi connectivity index (χ0v) is 28.6. The quantitative estimate of drug-likeness (QED) is 0.289. The van der Waals surface area contributed by atoms with Crippen molar-refractivity contribution in [2.45, 2.75) is 89.8 Å². The fourth-order valence-corrected chi connectivity index (χ4v) is 6.24. The second-order valence-corrected chi connectivity index (χ2v) is 12.9. The standard InChI is InChI=1S/C35H49N7O7/c1-3-5-22-48-35(47)40-20-18-39(19-21-40)34(46)27(11-4-2)37-32(44)28-23-31(42(38-28)26-14-7-6-8-15-26)49-24-30(43)41-17-10-16-29(41)33(45)36-25-12-9-13-25/h6-8,14-15,23,25,27,29H,3-5,9-13,16-22,24H2,1-2H3,(H,36,45)(H,37,44)/t27-,29-/m0/s1. The minimum Gasteiger partial charge on any atom is -0.467 e. The third-order valence-corrected chi connectivity index (χ3v) is 9.33. The average molecular weight is 680 g/mol. The summed E-state index contributed by atoms with van der Waals surface area (Å²) >= 11 is 0. The number of ether oxygens (including phenoxy) is 2. The van der Waals surface area contributed by atoms with Gasteiger partial charge in [0.05, 0.1) is 12.3 Å². The van der Waals surface area contributed by atoms with Crippen molar-refractivity contribution in [1.82, 2.24) is 35.1 Å². The molecule has 5 amide bonds. The number of likely N-dealkylation sites (tertiary alicyclic amines) is 1. The van der Waals surface area contributed by atoms with Crippen LogP contribution in [0, 0.1) is 0 Å². The summed E-state index contributed by atoms with van der Waals surface area (Å²) in [5, 5.41) is 10.4. The Bertz CT molecular complexity index is 1450. The van der Waals surface area contributed by atoms with Crippen LogP contribution in [0.25, 0.3) is 5.69 Å². The maximum Gasteiger partial charge on any atom is 0.409 e. The Morgan fingerprint density at radius 1 is 0.918 bits per heavy atom. The molecule has 3 heterocycles. The molecule has 14 nitrogen and oxygen atoms in total. The number of aromatic nitrogens is 2. The minimum absolute atomic E-state index is 0.0266. The highest BCUT2D eigenvalue weighted by molar-refractivity contribution is 5.96. The molecule has 49 heavy (non-hydrogen) atoms. The van der Waals surface area contributed by atoms with Crippen molar-refractivity contribution in [1.29, 1.82) is 0 Å². The smallest absolute Gasteiger partial charge is 0.409 e. The van der Waals surface area contributed by atoms with Crippen molar-refractivity contribution in [3.8, 4) is 11.6 Å². The maximum atomic E-state index is 13.6. The number of carbonyl (C=O) groups is 5. The van der Waals surface area contributed by atoms with Gasteiger partial charge in [-0.2, -0.15) is 5.10 Å². The molecule has 1 aromatic heterocycles. The summed E-state index contributed by atoms with van der Waals surface area (Å²) in [6.07, 6.45) is 6.83. The highest BCUT2D eigenvalue weighted by Gasteiger charge is 2.36. The Morgan fingerprint density at radius 3 is 2.33 bits per heavy atom. The van der Waals surface area contributed by atoms with E-state index in [1.165, 1.54) is 10.7 Å². The molecule has 2 N–H and O–H groups in total. The largest absolute Gasteiger partial charge is 0.467 e. The summed E-state index contributed by atoms with van der Waals surface area (Å²) in [6.45, 7) is 5.87. The number of para-hydroxylation sites is 1. The first-order valence-corrected chi connectivity index (χ1v) is 17.7. The van der Waals surface area contributed by atoms with E-state index in [-0.39, 0.29) is 48.0 Å². The molecule has 1 saturated carbocycles. The topological polar surface area (TPSA) is 155 Å². The zero-order valence-electron chi connectivity index (χ0n) is 28.6. The molecule has 0 radical (unpaired) electrons. The molecule has 266 valence electrons. The van der Waals surface area contributed by atoms with Crippen LogP contribution in [0.5, 0.6) is 5.88 Å². The summed E-state index contributed by atoms with van der Waals surface area (Å²) in [7, 11) is 0. The van der Waals surface area contributed by atoms with E-state index in [9.17, 15) is 24.0 Å². The molecule has 3 fully saturated rings. The van der Waals surface area contributed by atoms with Gasteiger partial charge in [0.25, 0.3) is 11.8 Å². The van der Waals surface area contributed by atoms with E-state index in [1.807, 2.05) is 32.0 Å². The van der Waals surface area contributed by atoms with Crippen LogP contribution in [0.2, 0.25) is 0 Å². The number of amides is 5. The van der Waals surface area contributed by atoms with Gasteiger partial charge in [0.15, 0.2) is 12.3 Å². The Hall–Kier alpha value is -4.62. The van der Waals surface area contributed by atoms with E-state index in [0.29, 0.717) is 64.3 Å². The van der Waals surface area contributed by atoms with E-state index >= 15 is 0 Å². The van der Waals surface area contributed by atoms with Crippen LogP contribution in [0.4, 0.5) is 4.79 Å². The maximum absolute atomic E-state index is 13.6. The van der Waals surface area contributed by atoms with Gasteiger partial charge < -0.3 is 34.8 Å². The monoisotopic (exact) mass is 679 g/mol. The second-order valence-electron chi connectivity index (χ2n) is 12.9. The van der Waals surface area contributed by atoms with Crippen molar-refractivity contribution in [2.75, 3.05) is 45.9 Å². The lowest BCUT2D eigenvalue weighted by Gasteiger charge is -2.36. The molecule has 1 aromatic carbocycles. The summed E-state index contributed by atoms with van der Waals surface area (Å²) < 4.78 is 12.7. The van der Waals surface area contributed by atoms with Gasteiger partial charge in [-0.05, 0) is 57.1 Å². The SMILES string of the molecule is CCCCOC(=O)N1CCN(C(=O)[C@H](CCC)NC(=O)c2cc(OCC(=O)N3CCC[C@H]3C(=O)NC3CCC3)n(-c3ccccc3)n2)CC1. The Morgan fingerprint density at radius 2 is 1.65 bits per heavy atom. The number of benzene rings is 1. The molecule has 2 atom stereocenters. The normalized spacial score (nSPS) is 18.4. The van der Waals surface area contributed by atoms with E-state index in [1.54, 1.807) is 26.8 Å². The van der Waals surface area contributed by atoms with Crippen molar-refractivity contribution >= 4 is 29.7 Å². The number of hydrogen-bond donors (Lipinski definition) is 2. The molecular weight excluding hydrogens is 630 g/mol. The lowest BCUT2D eigenvalue weighted by molar-refractivity contribution is -0.140. The first-order valence-electron chi connectivity index (χ1n) is 17.7. The molecule has 2 saturated heterocycles. The fraction of sp³-hybridized carbons (Fsp3) is 0.600. The highest BCUT2D eigenvalue weighted by Crippen LogP contribution is 2.24. The van der Waals surface area contributed by atoms with Crippen molar-refractivity contribution in [2.24, 2.45) is 0 Å². The van der Waals surface area contributed by atoms with Gasteiger partial charge in [0.1, 0.15) is 12.1 Å². The number of hydrogen-bond acceptors (Lipinski definition) is 8. The molecule has 0 spiro atoms. The summed E-state index contributed by atoms with van der Waals surface area (Å²) in [5.74, 6) is -1.03. The van der Waals surface area contributed by atoms with Crippen LogP contribution in [0.3, 0.4) is 0 Å². The molecular formula is C35H49N7O7. The molecule has 0 unspecified atom stereocenters. The van der Waals surface area contributed by atoms with E-state index in [2.05, 4.69) is 15.7 Å². The van der Waals surface area contributed by atoms with Gasteiger partial charge in [-0.25, -0.2) is 9.48 Å². The molecule has 2 aliphatic heterocycles. The third kappa shape index (κ3) is 9.09. The van der Waals surface area contributed by atoms with Crippen molar-refractivity contribution < 1.29 is 33.4 Å². The number of piperazine rings is 1. The predicted octanol–water partition coefficient (Wildman–Crippen LogP) is 2.89. The number of unbranched alkanes of at least 4 members (excludes halogenated alkanes) is 1. The first kappa shape index (κ1) is 35.7. The lowest BCUT2D eigenvalue weighted by Crippen LogP contribution is -2.56. The fourth-order valence-electron chi connectivity index (χ4n) is 6.24. The number of nitrogens with one attached hydrogen (secondary N) is 2. The van der Waals surface area contributed by atoms with Crippen molar-refractivity contribution in [3.05, 3.63) is 42.1 Å². The lowest BCUT2D eigenvalue weighted by atomic mass is 9.93. The first-order chi connectivity index (χ1) is 23.8. The third-order valence-electron chi connectivity index (χ3n) is 9.33. The van der Waals surface area contributed by atoms with Gasteiger partial charge in [-0.1, -0.05) is 44.9 Å². The second kappa shape index (κ2) is 17.2. The van der Waals surface area contributed by atoms with E-state index < -0.39 is 18.0 Å². The highest BCUT2D eigenvalue weighted by atomic mass is 16.6. The summed E-state index contributed by atoms with van der Waals surface area (Å²) in [6, 6.07) is 9.43. The van der Waals surface area contributed by atoms with Crippen LogP contribution in [-0.2, 0) is 19.1 Å². The van der Waals surface area contributed by atoms with Gasteiger partial charge in [0.2, 0.25) is 17.7 Å². The molecule has 14 heteroatoms. The Kier molecular flexibility index (Phi) is 12.5. The van der Waals surface area contributed by atoms with Crippen LogP contribution in [0.1, 0.15) is 82.1 Å². The number of carbonyl (C=O) groups excluding carboxylic acids is 5. The molecule has 5 rings (SSSR count). The predicted molar refractivity (Wildman–Crippen MR) is 180 cm³/mol. The van der Waals surface area contributed by atoms with Crippen LogP contribution in [-0.4, -0.2) is 118 Å². The zero-order chi connectivity index (χ0) is 34.8. The molecule has 3 aliphatic rings. The minimum atomic E-state index is -0.786. The Labute approximate surface area is 287 Å². The summed E-state index contributed by atoms with van der Waals surface area (Å²) in [4.78, 5) is 70.5. The van der Waals surface area contributed by atoms with Gasteiger partial charge in [-0.3, -0.25) is 19.2 Å². The van der Waals surface area contributed by atoms with Gasteiger partial charge in [-0.15, -0.1) is 0 Å².